The number of hydrogen-bond donors (Lipinski definition) is 0. The van der Waals surface area contributed by atoms with Gasteiger partial charge in [0.05, 0.1) is 0 Å². The Bertz CT molecular complexity index is 423. The third-order valence-electron chi connectivity index (χ3n) is 5.95. The fourth-order valence-electron chi connectivity index (χ4n) is 4.22. The number of hydrogen-bond acceptors (Lipinski definition) is 3. The van der Waals surface area contributed by atoms with E-state index in [0.29, 0.717) is 11.7 Å². The molecule has 1 atom stereocenters. The molecule has 3 fully saturated rings. The summed E-state index contributed by atoms with van der Waals surface area (Å²) in [5, 5.41) is 0. The summed E-state index contributed by atoms with van der Waals surface area (Å²) in [7, 11) is 0. The SMILES string of the molecule is CCN1CCC(C(=O)N2CCC(C(C)=O)CC23CC3)CC1. The lowest BCUT2D eigenvalue weighted by Gasteiger charge is -2.42. The van der Waals surface area contributed by atoms with Gasteiger partial charge in [0.2, 0.25) is 5.91 Å². The molecular weight excluding hydrogens is 264 g/mol. The quantitative estimate of drug-likeness (QED) is 0.799. The first kappa shape index (κ1) is 15.0. The van der Waals surface area contributed by atoms with E-state index in [4.69, 9.17) is 0 Å². The summed E-state index contributed by atoms with van der Waals surface area (Å²) in [5.74, 6) is 1.10. The van der Waals surface area contributed by atoms with Crippen molar-refractivity contribution in [3.63, 3.8) is 0 Å². The minimum Gasteiger partial charge on any atom is -0.337 e. The highest BCUT2D eigenvalue weighted by Gasteiger charge is 2.54. The molecule has 1 aliphatic carbocycles. The van der Waals surface area contributed by atoms with Gasteiger partial charge in [-0.15, -0.1) is 0 Å². The molecule has 1 amide bonds. The molecule has 118 valence electrons. The standard InChI is InChI=1S/C17H28N2O2/c1-3-18-9-4-14(5-10-18)16(21)19-11-6-15(13(2)20)12-17(19)7-8-17/h14-15H,3-12H2,1-2H3. The van der Waals surface area contributed by atoms with Crippen molar-refractivity contribution in [3.05, 3.63) is 0 Å². The second kappa shape index (κ2) is 5.71. The molecule has 0 radical (unpaired) electrons. The zero-order valence-corrected chi connectivity index (χ0v) is 13.4. The lowest BCUT2D eigenvalue weighted by atomic mass is 9.84. The fraction of sp³-hybridized carbons (Fsp3) is 0.882. The number of carbonyl (C=O) groups excluding carboxylic acids is 2. The number of nitrogens with zero attached hydrogens (tertiary/aromatic N) is 2. The van der Waals surface area contributed by atoms with E-state index < -0.39 is 0 Å². The van der Waals surface area contributed by atoms with Crippen LogP contribution in [-0.4, -0.2) is 53.2 Å². The van der Waals surface area contributed by atoms with Crippen molar-refractivity contribution in [2.24, 2.45) is 11.8 Å². The first-order valence-electron chi connectivity index (χ1n) is 8.60. The largest absolute Gasteiger partial charge is 0.337 e. The van der Waals surface area contributed by atoms with E-state index in [9.17, 15) is 9.59 Å². The summed E-state index contributed by atoms with van der Waals surface area (Å²) in [6.07, 6.45) is 6.02. The number of ketones is 1. The zero-order chi connectivity index (χ0) is 15.0. The van der Waals surface area contributed by atoms with Crippen molar-refractivity contribution in [1.29, 1.82) is 0 Å². The van der Waals surface area contributed by atoms with Crippen molar-refractivity contribution < 1.29 is 9.59 Å². The van der Waals surface area contributed by atoms with E-state index in [1.807, 2.05) is 0 Å². The summed E-state index contributed by atoms with van der Waals surface area (Å²) in [6, 6.07) is 0. The molecule has 3 rings (SSSR count). The monoisotopic (exact) mass is 292 g/mol. The minimum absolute atomic E-state index is 0.0631. The second-order valence-electron chi connectivity index (χ2n) is 7.22. The Balaban J connectivity index is 1.62. The van der Waals surface area contributed by atoms with Crippen LogP contribution in [0.2, 0.25) is 0 Å². The molecule has 2 heterocycles. The highest BCUT2D eigenvalue weighted by molar-refractivity contribution is 5.82. The van der Waals surface area contributed by atoms with Crippen LogP contribution in [0.5, 0.6) is 0 Å². The third-order valence-corrected chi connectivity index (χ3v) is 5.95. The maximum atomic E-state index is 12.9. The maximum Gasteiger partial charge on any atom is 0.226 e. The van der Waals surface area contributed by atoms with Crippen LogP contribution >= 0.6 is 0 Å². The van der Waals surface area contributed by atoms with Gasteiger partial charge in [-0.05, 0) is 65.1 Å². The van der Waals surface area contributed by atoms with E-state index >= 15 is 0 Å². The summed E-state index contributed by atoms with van der Waals surface area (Å²) < 4.78 is 0. The number of amides is 1. The summed E-state index contributed by atoms with van der Waals surface area (Å²) in [6.45, 7) is 7.91. The Kier molecular flexibility index (Phi) is 4.08. The molecule has 0 N–H and O–H groups in total. The van der Waals surface area contributed by atoms with Crippen LogP contribution in [0.4, 0.5) is 0 Å². The van der Waals surface area contributed by atoms with Gasteiger partial charge >= 0.3 is 0 Å². The van der Waals surface area contributed by atoms with Gasteiger partial charge in [0, 0.05) is 23.9 Å². The van der Waals surface area contributed by atoms with E-state index in [-0.39, 0.29) is 17.4 Å². The van der Waals surface area contributed by atoms with Gasteiger partial charge in [0.15, 0.2) is 0 Å². The Labute approximate surface area is 127 Å². The molecule has 1 unspecified atom stereocenters. The van der Waals surface area contributed by atoms with Crippen molar-refractivity contribution in [2.75, 3.05) is 26.2 Å². The van der Waals surface area contributed by atoms with Crippen LogP contribution in [0.3, 0.4) is 0 Å². The van der Waals surface area contributed by atoms with E-state index in [1.165, 1.54) is 0 Å². The minimum atomic E-state index is 0.0631. The van der Waals surface area contributed by atoms with E-state index in [2.05, 4.69) is 16.7 Å². The average molecular weight is 292 g/mol. The highest BCUT2D eigenvalue weighted by atomic mass is 16.2. The summed E-state index contributed by atoms with van der Waals surface area (Å²) in [5.41, 5.74) is 0.0631. The highest BCUT2D eigenvalue weighted by Crippen LogP contribution is 2.50. The Morgan fingerprint density at radius 2 is 1.67 bits per heavy atom. The van der Waals surface area contributed by atoms with Gasteiger partial charge in [-0.2, -0.15) is 0 Å². The van der Waals surface area contributed by atoms with Crippen LogP contribution < -0.4 is 0 Å². The van der Waals surface area contributed by atoms with Crippen LogP contribution in [0.1, 0.15) is 52.4 Å². The Morgan fingerprint density at radius 1 is 1.05 bits per heavy atom. The maximum absolute atomic E-state index is 12.9. The van der Waals surface area contributed by atoms with Gasteiger partial charge in [0.25, 0.3) is 0 Å². The molecule has 0 aromatic heterocycles. The molecule has 0 aromatic carbocycles. The van der Waals surface area contributed by atoms with Gasteiger partial charge in [-0.3, -0.25) is 9.59 Å². The van der Waals surface area contributed by atoms with Crippen LogP contribution in [0, 0.1) is 11.8 Å². The number of Topliss-reactive ketones (excluding diaryl/α,β-unsaturated/α-hetero) is 1. The molecule has 1 saturated carbocycles. The van der Waals surface area contributed by atoms with Crippen molar-refractivity contribution >= 4 is 11.7 Å². The van der Waals surface area contributed by atoms with Gasteiger partial charge in [0.1, 0.15) is 5.78 Å². The lowest BCUT2D eigenvalue weighted by Crippen LogP contribution is -2.52. The molecule has 3 aliphatic rings. The molecule has 4 heteroatoms. The summed E-state index contributed by atoms with van der Waals surface area (Å²) >= 11 is 0. The Hall–Kier alpha value is -0.900. The average Bonchev–Trinajstić information content (AvgIpc) is 3.26. The number of rotatable bonds is 3. The number of piperidine rings is 2. The smallest absolute Gasteiger partial charge is 0.226 e. The van der Waals surface area contributed by atoms with Gasteiger partial charge in [-0.25, -0.2) is 0 Å². The first-order valence-corrected chi connectivity index (χ1v) is 8.60. The zero-order valence-electron chi connectivity index (χ0n) is 13.4. The molecule has 1 spiro atoms. The first-order chi connectivity index (χ1) is 10.1. The van der Waals surface area contributed by atoms with Crippen molar-refractivity contribution in [3.8, 4) is 0 Å². The molecule has 2 saturated heterocycles. The number of likely N-dealkylation sites (tertiary alicyclic amines) is 2. The third kappa shape index (κ3) is 2.87. The van der Waals surface area contributed by atoms with Crippen LogP contribution in [0.25, 0.3) is 0 Å². The molecule has 2 aliphatic heterocycles. The van der Waals surface area contributed by atoms with Crippen molar-refractivity contribution in [1.82, 2.24) is 9.80 Å². The predicted molar refractivity (Wildman–Crippen MR) is 81.9 cm³/mol. The molecule has 4 nitrogen and oxygen atoms in total. The van der Waals surface area contributed by atoms with Crippen LogP contribution in [0.15, 0.2) is 0 Å². The topological polar surface area (TPSA) is 40.6 Å². The van der Waals surface area contributed by atoms with Gasteiger partial charge in [-0.1, -0.05) is 6.92 Å². The molecule has 21 heavy (non-hydrogen) atoms. The molecule has 0 aromatic rings. The molecular formula is C17H28N2O2. The Morgan fingerprint density at radius 3 is 2.19 bits per heavy atom. The fourth-order valence-corrected chi connectivity index (χ4v) is 4.22. The normalized spacial score (nSPS) is 29.6. The van der Waals surface area contributed by atoms with Crippen molar-refractivity contribution in [2.45, 2.75) is 57.9 Å². The van der Waals surface area contributed by atoms with E-state index in [1.54, 1.807) is 6.92 Å². The second-order valence-corrected chi connectivity index (χ2v) is 7.22. The predicted octanol–water partition coefficient (Wildman–Crippen LogP) is 2.08. The number of carbonyl (C=O) groups is 2. The van der Waals surface area contributed by atoms with E-state index in [0.717, 1.165) is 64.7 Å². The van der Waals surface area contributed by atoms with Gasteiger partial charge < -0.3 is 9.80 Å². The molecule has 0 bridgehead atoms. The van der Waals surface area contributed by atoms with Crippen LogP contribution in [-0.2, 0) is 9.59 Å². The summed E-state index contributed by atoms with van der Waals surface area (Å²) in [4.78, 5) is 29.2. The lowest BCUT2D eigenvalue weighted by molar-refractivity contribution is -0.144.